The minimum atomic E-state index is -0.123. The number of carbonyl (C=O) groups is 1. The third-order valence-corrected chi connectivity index (χ3v) is 3.58. The van der Waals surface area contributed by atoms with Crippen LogP contribution >= 0.6 is 28.1 Å². The average Bonchev–Trinajstić information content (AvgIpc) is 2.75. The number of rotatable bonds is 5. The highest BCUT2D eigenvalue weighted by atomic mass is 79.9. The largest absolute Gasteiger partial charge is 0.325 e. The van der Waals surface area contributed by atoms with Gasteiger partial charge in [0.15, 0.2) is 4.77 Å². The highest BCUT2D eigenvalue weighted by molar-refractivity contribution is 9.10. The molecule has 1 aromatic heterocycles. The van der Waals surface area contributed by atoms with Gasteiger partial charge < -0.3 is 5.32 Å². The molecule has 1 amide bonds. The van der Waals surface area contributed by atoms with Crippen molar-refractivity contribution in [1.82, 2.24) is 14.8 Å². The molecule has 2 rings (SSSR count). The van der Waals surface area contributed by atoms with Crippen molar-refractivity contribution in [3.8, 4) is 0 Å². The van der Waals surface area contributed by atoms with E-state index >= 15 is 0 Å². The lowest BCUT2D eigenvalue weighted by Gasteiger charge is -2.07. The van der Waals surface area contributed by atoms with Crippen molar-refractivity contribution in [1.29, 1.82) is 0 Å². The molecule has 0 bridgehead atoms. The van der Waals surface area contributed by atoms with Gasteiger partial charge in [-0.2, -0.15) is 5.10 Å². The second-order valence-electron chi connectivity index (χ2n) is 4.34. The van der Waals surface area contributed by atoms with E-state index in [0.29, 0.717) is 4.77 Å². The molecule has 0 atom stereocenters. The number of nitrogens with zero attached hydrogens (tertiary/aromatic N) is 2. The summed E-state index contributed by atoms with van der Waals surface area (Å²) in [6, 6.07) is 7.43. The van der Waals surface area contributed by atoms with Gasteiger partial charge in [0.2, 0.25) is 5.91 Å². The molecule has 2 aromatic rings. The van der Waals surface area contributed by atoms with Gasteiger partial charge in [0.25, 0.3) is 0 Å². The molecule has 1 aromatic carbocycles. The normalized spacial score (nSPS) is 10.5. The number of aryl methyl sites for hydroxylation is 1. The Morgan fingerprint density at radius 3 is 2.80 bits per heavy atom. The lowest BCUT2D eigenvalue weighted by atomic mass is 10.3. The average molecular weight is 355 g/mol. The number of halogens is 1. The van der Waals surface area contributed by atoms with Crippen LogP contribution in [0.1, 0.15) is 19.2 Å². The molecular weight excluding hydrogens is 340 g/mol. The number of aromatic nitrogens is 3. The first-order valence-corrected chi connectivity index (χ1v) is 7.49. The summed E-state index contributed by atoms with van der Waals surface area (Å²) >= 11 is 8.50. The van der Waals surface area contributed by atoms with Gasteiger partial charge in [-0.3, -0.25) is 14.5 Å². The molecule has 7 heteroatoms. The molecule has 0 unspecified atom stereocenters. The lowest BCUT2D eigenvalue weighted by Crippen LogP contribution is -2.20. The molecule has 0 aliphatic heterocycles. The van der Waals surface area contributed by atoms with Crippen LogP contribution in [0.5, 0.6) is 0 Å². The molecule has 5 nitrogen and oxygen atoms in total. The zero-order valence-electron chi connectivity index (χ0n) is 11.0. The van der Waals surface area contributed by atoms with Crippen LogP contribution in [0.15, 0.2) is 28.7 Å². The van der Waals surface area contributed by atoms with E-state index in [9.17, 15) is 4.79 Å². The monoisotopic (exact) mass is 354 g/mol. The number of carbonyl (C=O) groups excluding carboxylic acids is 1. The number of benzene rings is 1. The summed E-state index contributed by atoms with van der Waals surface area (Å²) in [6.45, 7) is 2.23. The quantitative estimate of drug-likeness (QED) is 0.809. The summed E-state index contributed by atoms with van der Waals surface area (Å²) in [5.74, 6) is 0.686. The molecule has 1 heterocycles. The van der Waals surface area contributed by atoms with E-state index in [2.05, 4.69) is 38.4 Å². The number of hydrogen-bond acceptors (Lipinski definition) is 3. The Labute approximate surface area is 130 Å². The van der Waals surface area contributed by atoms with Gasteiger partial charge in [0.1, 0.15) is 12.4 Å². The Bertz CT molecular complexity index is 647. The van der Waals surface area contributed by atoms with Crippen LogP contribution in [0.25, 0.3) is 0 Å². The van der Waals surface area contributed by atoms with Gasteiger partial charge in [-0.15, -0.1) is 0 Å². The van der Waals surface area contributed by atoms with E-state index in [-0.39, 0.29) is 12.5 Å². The summed E-state index contributed by atoms with van der Waals surface area (Å²) in [6.07, 6.45) is 1.74. The van der Waals surface area contributed by atoms with Gasteiger partial charge in [-0.05, 0) is 42.9 Å². The first-order chi connectivity index (χ1) is 9.60. The summed E-state index contributed by atoms with van der Waals surface area (Å²) < 4.78 is 3.17. The Morgan fingerprint density at radius 1 is 1.45 bits per heavy atom. The minimum Gasteiger partial charge on any atom is -0.325 e. The van der Waals surface area contributed by atoms with Crippen molar-refractivity contribution in [2.75, 3.05) is 5.32 Å². The molecular formula is C13H15BrN4OS. The Hall–Kier alpha value is -1.47. The number of anilines is 1. The van der Waals surface area contributed by atoms with Crippen LogP contribution in [0.3, 0.4) is 0 Å². The van der Waals surface area contributed by atoms with Crippen molar-refractivity contribution in [3.05, 3.63) is 39.3 Å². The van der Waals surface area contributed by atoms with Crippen LogP contribution in [0, 0.1) is 4.77 Å². The molecule has 2 N–H and O–H groups in total. The summed E-state index contributed by atoms with van der Waals surface area (Å²) in [5, 5.41) is 9.70. The van der Waals surface area contributed by atoms with E-state index in [4.69, 9.17) is 12.2 Å². The van der Waals surface area contributed by atoms with Crippen LogP contribution in [-0.4, -0.2) is 20.7 Å². The van der Waals surface area contributed by atoms with Crippen molar-refractivity contribution in [2.45, 2.75) is 26.3 Å². The molecule has 20 heavy (non-hydrogen) atoms. The second-order valence-corrected chi connectivity index (χ2v) is 5.64. The zero-order chi connectivity index (χ0) is 14.5. The standard InChI is InChI=1S/C13H15BrN4OS/c1-2-3-11-16-17-13(20)18(11)8-12(19)15-10-6-4-9(14)5-7-10/h4-7H,2-3,8H2,1H3,(H,15,19)(H,17,20). The van der Waals surface area contributed by atoms with Crippen molar-refractivity contribution < 1.29 is 4.79 Å². The first kappa shape index (κ1) is 14.9. The van der Waals surface area contributed by atoms with Crippen LogP contribution < -0.4 is 5.32 Å². The summed E-state index contributed by atoms with van der Waals surface area (Å²) in [7, 11) is 0. The van der Waals surface area contributed by atoms with Gasteiger partial charge >= 0.3 is 0 Å². The minimum absolute atomic E-state index is 0.123. The number of hydrogen-bond donors (Lipinski definition) is 2. The van der Waals surface area contributed by atoms with Crippen LogP contribution in [0.4, 0.5) is 5.69 Å². The predicted octanol–water partition coefficient (Wildman–Crippen LogP) is 3.29. The molecule has 0 aliphatic rings. The van der Waals surface area contributed by atoms with Crippen molar-refractivity contribution >= 4 is 39.7 Å². The van der Waals surface area contributed by atoms with Crippen LogP contribution in [0.2, 0.25) is 0 Å². The maximum atomic E-state index is 12.0. The molecule has 0 radical (unpaired) electrons. The predicted molar refractivity (Wildman–Crippen MR) is 84.2 cm³/mol. The Morgan fingerprint density at radius 2 is 2.15 bits per heavy atom. The molecule has 0 aliphatic carbocycles. The van der Waals surface area contributed by atoms with E-state index in [1.165, 1.54) is 0 Å². The van der Waals surface area contributed by atoms with Crippen molar-refractivity contribution in [3.63, 3.8) is 0 Å². The number of amides is 1. The topological polar surface area (TPSA) is 62.7 Å². The fourth-order valence-electron chi connectivity index (χ4n) is 1.81. The van der Waals surface area contributed by atoms with E-state index in [1.54, 1.807) is 4.57 Å². The first-order valence-electron chi connectivity index (χ1n) is 6.29. The summed E-state index contributed by atoms with van der Waals surface area (Å²) in [4.78, 5) is 12.0. The van der Waals surface area contributed by atoms with Crippen LogP contribution in [-0.2, 0) is 17.8 Å². The third-order valence-electron chi connectivity index (χ3n) is 2.74. The summed E-state index contributed by atoms with van der Waals surface area (Å²) in [5.41, 5.74) is 0.755. The molecule has 106 valence electrons. The fourth-order valence-corrected chi connectivity index (χ4v) is 2.29. The van der Waals surface area contributed by atoms with E-state index in [1.807, 2.05) is 24.3 Å². The molecule has 0 saturated heterocycles. The van der Waals surface area contributed by atoms with Gasteiger partial charge in [0.05, 0.1) is 0 Å². The second kappa shape index (κ2) is 6.81. The highest BCUT2D eigenvalue weighted by Crippen LogP contribution is 2.14. The number of H-pyrrole nitrogens is 1. The molecule has 0 spiro atoms. The van der Waals surface area contributed by atoms with Crippen molar-refractivity contribution in [2.24, 2.45) is 0 Å². The third kappa shape index (κ3) is 3.77. The fraction of sp³-hybridized carbons (Fsp3) is 0.308. The Balaban J connectivity index is 2.06. The highest BCUT2D eigenvalue weighted by Gasteiger charge is 2.10. The number of nitrogens with one attached hydrogen (secondary N) is 2. The number of aromatic amines is 1. The molecule has 0 saturated carbocycles. The smallest absolute Gasteiger partial charge is 0.244 e. The van der Waals surface area contributed by atoms with Gasteiger partial charge in [0, 0.05) is 16.6 Å². The lowest BCUT2D eigenvalue weighted by molar-refractivity contribution is -0.116. The SMILES string of the molecule is CCCc1n[nH]c(=S)n1CC(=O)Nc1ccc(Br)cc1. The zero-order valence-corrected chi connectivity index (χ0v) is 13.4. The maximum absolute atomic E-state index is 12.0. The van der Waals surface area contributed by atoms with Gasteiger partial charge in [-0.25, -0.2) is 0 Å². The van der Waals surface area contributed by atoms with Gasteiger partial charge in [-0.1, -0.05) is 22.9 Å². The Kier molecular flexibility index (Phi) is 5.08. The van der Waals surface area contributed by atoms with E-state index < -0.39 is 0 Å². The maximum Gasteiger partial charge on any atom is 0.244 e. The van der Waals surface area contributed by atoms with E-state index in [0.717, 1.165) is 28.8 Å². The molecule has 0 fully saturated rings.